The largest absolute Gasteiger partial charge is 0.338 e. The standard InChI is InChI=1S/C33H34BrCl2N3O2/c34-27-9-6-23(7-10-27)19-38-17-14-33(32(38)41)12-15-37(16-13-33)20-26-21-39(22-28(26)24-4-2-1-3-5-24)31(40)25-8-11-29(35)30(36)18-25/h1-11,18,26,28H,12-17,19-22H2/t26-,28+/m0/s1. The van der Waals surface area contributed by atoms with E-state index in [2.05, 4.69) is 57.2 Å². The molecule has 0 bridgehead atoms. The van der Waals surface area contributed by atoms with Crippen molar-refractivity contribution in [1.29, 1.82) is 0 Å². The number of nitrogens with zero attached hydrogens (tertiary/aromatic N) is 3. The molecule has 8 heteroatoms. The molecule has 0 aliphatic carbocycles. The zero-order valence-electron chi connectivity index (χ0n) is 22.9. The summed E-state index contributed by atoms with van der Waals surface area (Å²) in [5.41, 5.74) is 2.78. The van der Waals surface area contributed by atoms with Crippen molar-refractivity contribution in [3.8, 4) is 0 Å². The van der Waals surface area contributed by atoms with Crippen LogP contribution in [0.3, 0.4) is 0 Å². The number of amides is 2. The Morgan fingerprint density at radius 2 is 1.59 bits per heavy atom. The maximum Gasteiger partial charge on any atom is 0.253 e. The van der Waals surface area contributed by atoms with E-state index in [9.17, 15) is 9.59 Å². The maximum atomic E-state index is 13.6. The van der Waals surface area contributed by atoms with Gasteiger partial charge in [-0.3, -0.25) is 9.59 Å². The molecule has 0 saturated carbocycles. The summed E-state index contributed by atoms with van der Waals surface area (Å²) in [6.07, 6.45) is 2.74. The lowest BCUT2D eigenvalue weighted by molar-refractivity contribution is -0.139. The minimum Gasteiger partial charge on any atom is -0.338 e. The predicted octanol–water partition coefficient (Wildman–Crippen LogP) is 7.13. The second kappa shape index (κ2) is 12.1. The van der Waals surface area contributed by atoms with Gasteiger partial charge in [0, 0.05) is 48.7 Å². The third-order valence-corrected chi connectivity index (χ3v) is 10.6. The highest BCUT2D eigenvalue weighted by molar-refractivity contribution is 9.10. The fourth-order valence-corrected chi connectivity index (χ4v) is 7.49. The van der Waals surface area contributed by atoms with Gasteiger partial charge in [0.05, 0.1) is 15.5 Å². The summed E-state index contributed by atoms with van der Waals surface area (Å²) in [5.74, 6) is 0.883. The maximum absolute atomic E-state index is 13.6. The summed E-state index contributed by atoms with van der Waals surface area (Å²) in [6.45, 7) is 5.63. The molecule has 5 nitrogen and oxygen atoms in total. The van der Waals surface area contributed by atoms with E-state index < -0.39 is 0 Å². The summed E-state index contributed by atoms with van der Waals surface area (Å²) >= 11 is 15.8. The second-order valence-electron chi connectivity index (χ2n) is 11.8. The number of halogens is 3. The van der Waals surface area contributed by atoms with Crippen molar-refractivity contribution < 1.29 is 9.59 Å². The van der Waals surface area contributed by atoms with Crippen LogP contribution >= 0.6 is 39.1 Å². The number of carbonyl (C=O) groups is 2. The molecule has 3 aliphatic rings. The number of hydrogen-bond acceptors (Lipinski definition) is 3. The Bertz CT molecular complexity index is 1410. The molecule has 3 aromatic rings. The Balaban J connectivity index is 1.11. The Labute approximate surface area is 260 Å². The fraction of sp³-hybridized carbons (Fsp3) is 0.394. The molecule has 0 N–H and O–H groups in total. The van der Waals surface area contributed by atoms with Crippen molar-refractivity contribution in [1.82, 2.24) is 14.7 Å². The van der Waals surface area contributed by atoms with Gasteiger partial charge in [-0.05, 0) is 79.7 Å². The van der Waals surface area contributed by atoms with Crippen LogP contribution in [0.2, 0.25) is 10.0 Å². The number of hydrogen-bond donors (Lipinski definition) is 0. The molecular formula is C33H34BrCl2N3O2. The molecule has 3 heterocycles. The van der Waals surface area contributed by atoms with Gasteiger partial charge in [0.1, 0.15) is 0 Å². The number of likely N-dealkylation sites (tertiary alicyclic amines) is 3. The molecule has 2 amide bonds. The number of benzene rings is 3. The van der Waals surface area contributed by atoms with Gasteiger partial charge >= 0.3 is 0 Å². The molecule has 0 unspecified atom stereocenters. The van der Waals surface area contributed by atoms with Crippen molar-refractivity contribution in [2.45, 2.75) is 31.7 Å². The van der Waals surface area contributed by atoms with E-state index in [1.54, 1.807) is 18.2 Å². The summed E-state index contributed by atoms with van der Waals surface area (Å²) < 4.78 is 1.05. The Morgan fingerprint density at radius 1 is 0.878 bits per heavy atom. The number of carbonyl (C=O) groups excluding carboxylic acids is 2. The van der Waals surface area contributed by atoms with Crippen molar-refractivity contribution in [2.75, 3.05) is 39.3 Å². The van der Waals surface area contributed by atoms with Gasteiger partial charge in [0.2, 0.25) is 5.91 Å². The van der Waals surface area contributed by atoms with Crippen LogP contribution in [0, 0.1) is 11.3 Å². The first kappa shape index (κ1) is 28.7. The third-order valence-electron chi connectivity index (χ3n) is 9.32. The summed E-state index contributed by atoms with van der Waals surface area (Å²) in [5, 5.41) is 0.844. The quantitative estimate of drug-likeness (QED) is 0.284. The fourth-order valence-electron chi connectivity index (χ4n) is 6.92. The molecule has 214 valence electrons. The van der Waals surface area contributed by atoms with E-state index in [-0.39, 0.29) is 17.2 Å². The van der Waals surface area contributed by atoms with Crippen LogP contribution in [0.15, 0.2) is 77.3 Å². The molecule has 3 aliphatic heterocycles. The van der Waals surface area contributed by atoms with E-state index in [1.807, 2.05) is 28.0 Å². The monoisotopic (exact) mass is 653 g/mol. The average Bonchev–Trinajstić information content (AvgIpc) is 3.54. The highest BCUT2D eigenvalue weighted by atomic mass is 79.9. The van der Waals surface area contributed by atoms with Crippen molar-refractivity contribution in [3.05, 3.63) is 104 Å². The van der Waals surface area contributed by atoms with Crippen LogP contribution in [0.25, 0.3) is 0 Å². The topological polar surface area (TPSA) is 43.9 Å². The van der Waals surface area contributed by atoms with Crippen molar-refractivity contribution >= 4 is 50.9 Å². The zero-order valence-corrected chi connectivity index (χ0v) is 26.0. The van der Waals surface area contributed by atoms with Crippen LogP contribution < -0.4 is 0 Å². The molecule has 1 spiro atoms. The van der Waals surface area contributed by atoms with Gasteiger partial charge in [-0.25, -0.2) is 0 Å². The molecule has 2 atom stereocenters. The Morgan fingerprint density at radius 3 is 2.29 bits per heavy atom. The van der Waals surface area contributed by atoms with Gasteiger partial charge < -0.3 is 14.7 Å². The smallest absolute Gasteiger partial charge is 0.253 e. The highest BCUT2D eigenvalue weighted by Gasteiger charge is 2.48. The van der Waals surface area contributed by atoms with Crippen molar-refractivity contribution in [3.63, 3.8) is 0 Å². The number of piperidine rings is 1. The molecular weight excluding hydrogens is 621 g/mol. The lowest BCUT2D eigenvalue weighted by atomic mass is 9.76. The minimum atomic E-state index is -0.226. The van der Waals surface area contributed by atoms with E-state index in [0.717, 1.165) is 49.9 Å². The predicted molar refractivity (Wildman–Crippen MR) is 167 cm³/mol. The lowest BCUT2D eigenvalue weighted by Crippen LogP contribution is -2.46. The van der Waals surface area contributed by atoms with Crippen LogP contribution in [0.4, 0.5) is 0 Å². The van der Waals surface area contributed by atoms with E-state index >= 15 is 0 Å². The van der Waals surface area contributed by atoms with Crippen molar-refractivity contribution in [2.24, 2.45) is 11.3 Å². The van der Waals surface area contributed by atoms with Gasteiger partial charge in [-0.1, -0.05) is 81.6 Å². The first-order valence-electron chi connectivity index (χ1n) is 14.4. The molecule has 6 rings (SSSR count). The molecule has 0 radical (unpaired) electrons. The molecule has 41 heavy (non-hydrogen) atoms. The zero-order chi connectivity index (χ0) is 28.6. The SMILES string of the molecule is O=C(c1ccc(Cl)c(Cl)c1)N1C[C@H](CN2CCC3(CC2)CCN(Cc2ccc(Br)cc2)C3=O)[C@@H](c2ccccc2)C1. The Kier molecular flexibility index (Phi) is 8.46. The van der Waals surface area contributed by atoms with E-state index in [1.165, 1.54) is 11.1 Å². The lowest BCUT2D eigenvalue weighted by Gasteiger charge is -2.39. The van der Waals surface area contributed by atoms with Crippen LogP contribution in [0.1, 0.15) is 46.7 Å². The third kappa shape index (κ3) is 6.08. The summed E-state index contributed by atoms with van der Waals surface area (Å²) in [4.78, 5) is 33.6. The Hall–Kier alpha value is -2.38. The van der Waals surface area contributed by atoms with Crippen LogP contribution in [-0.2, 0) is 11.3 Å². The second-order valence-corrected chi connectivity index (χ2v) is 13.5. The minimum absolute atomic E-state index is 0.00740. The molecule has 3 fully saturated rings. The van der Waals surface area contributed by atoms with Gasteiger partial charge in [-0.2, -0.15) is 0 Å². The first-order chi connectivity index (χ1) is 19.8. The summed E-state index contributed by atoms with van der Waals surface area (Å²) in [7, 11) is 0. The summed E-state index contributed by atoms with van der Waals surface area (Å²) in [6, 6.07) is 23.9. The normalized spacial score (nSPS) is 22.6. The highest BCUT2D eigenvalue weighted by Crippen LogP contribution is 2.43. The van der Waals surface area contributed by atoms with Gasteiger partial charge in [0.25, 0.3) is 5.91 Å². The molecule has 3 saturated heterocycles. The van der Waals surface area contributed by atoms with Crippen LogP contribution in [-0.4, -0.2) is 65.8 Å². The average molecular weight is 655 g/mol. The van der Waals surface area contributed by atoms with E-state index in [4.69, 9.17) is 23.2 Å². The van der Waals surface area contributed by atoms with Crippen LogP contribution in [0.5, 0.6) is 0 Å². The molecule has 0 aromatic heterocycles. The first-order valence-corrected chi connectivity index (χ1v) is 15.9. The number of rotatable bonds is 6. The van der Waals surface area contributed by atoms with E-state index in [0.29, 0.717) is 47.1 Å². The molecule has 3 aromatic carbocycles. The van der Waals surface area contributed by atoms with Gasteiger partial charge in [0.15, 0.2) is 0 Å². The van der Waals surface area contributed by atoms with Gasteiger partial charge in [-0.15, -0.1) is 0 Å².